The summed E-state index contributed by atoms with van der Waals surface area (Å²) in [6, 6.07) is 4.90. The van der Waals surface area contributed by atoms with Gasteiger partial charge in [-0.1, -0.05) is 6.92 Å². The Morgan fingerprint density at radius 2 is 2.17 bits per heavy atom. The number of aliphatic hydroxyl groups is 1. The van der Waals surface area contributed by atoms with E-state index in [2.05, 4.69) is 0 Å². The molecule has 0 heterocycles. The van der Waals surface area contributed by atoms with Crippen molar-refractivity contribution in [3.8, 4) is 6.07 Å². The summed E-state index contributed by atoms with van der Waals surface area (Å²) < 4.78 is 38.8. The highest BCUT2D eigenvalue weighted by Gasteiger charge is 2.25. The summed E-state index contributed by atoms with van der Waals surface area (Å²) in [5.41, 5.74) is 0.0525. The third-order valence-electron chi connectivity index (χ3n) is 2.38. The topological polar surface area (TPSA) is 81.4 Å². The zero-order chi connectivity index (χ0) is 13.8. The van der Waals surface area contributed by atoms with Gasteiger partial charge in [0.25, 0.3) is 0 Å². The molecule has 0 atom stereocenters. The molecule has 98 valence electrons. The molecule has 0 aliphatic heterocycles. The Bertz CT molecular complexity index is 566. The minimum atomic E-state index is -3.98. The highest BCUT2D eigenvalue weighted by molar-refractivity contribution is 7.89. The number of likely N-dealkylation sites (N-methyl/N-ethyl adjacent to an activating group) is 1. The number of rotatable bonds is 5. The van der Waals surface area contributed by atoms with E-state index in [1.165, 1.54) is 6.07 Å². The zero-order valence-corrected chi connectivity index (χ0v) is 10.6. The van der Waals surface area contributed by atoms with Crippen molar-refractivity contribution >= 4 is 10.0 Å². The first-order valence-electron chi connectivity index (χ1n) is 5.28. The van der Waals surface area contributed by atoms with Crippen LogP contribution < -0.4 is 0 Å². The number of hydrogen-bond donors (Lipinski definition) is 1. The molecule has 0 radical (unpaired) electrons. The highest BCUT2D eigenvalue weighted by Crippen LogP contribution is 2.20. The summed E-state index contributed by atoms with van der Waals surface area (Å²) in [4.78, 5) is -0.489. The van der Waals surface area contributed by atoms with E-state index in [0.29, 0.717) is 0 Å². The third-order valence-corrected chi connectivity index (χ3v) is 4.39. The van der Waals surface area contributed by atoms with Crippen LogP contribution in [0.2, 0.25) is 0 Å². The van der Waals surface area contributed by atoms with E-state index in [-0.39, 0.29) is 25.3 Å². The average molecular weight is 272 g/mol. The van der Waals surface area contributed by atoms with Crippen molar-refractivity contribution in [3.63, 3.8) is 0 Å². The van der Waals surface area contributed by atoms with Gasteiger partial charge in [-0.2, -0.15) is 9.57 Å². The van der Waals surface area contributed by atoms with E-state index in [1.807, 2.05) is 0 Å². The van der Waals surface area contributed by atoms with Crippen LogP contribution in [0.3, 0.4) is 0 Å². The molecule has 0 spiro atoms. The van der Waals surface area contributed by atoms with E-state index in [9.17, 15) is 12.8 Å². The van der Waals surface area contributed by atoms with Crippen molar-refractivity contribution in [1.29, 1.82) is 5.26 Å². The molecule has 0 bridgehead atoms. The zero-order valence-electron chi connectivity index (χ0n) is 9.80. The van der Waals surface area contributed by atoms with Crippen molar-refractivity contribution in [3.05, 3.63) is 29.6 Å². The summed E-state index contributed by atoms with van der Waals surface area (Å²) in [6.07, 6.45) is 0. The van der Waals surface area contributed by atoms with E-state index in [0.717, 1.165) is 16.4 Å². The molecule has 5 nitrogen and oxygen atoms in total. The van der Waals surface area contributed by atoms with Crippen molar-refractivity contribution in [2.75, 3.05) is 19.7 Å². The van der Waals surface area contributed by atoms with Crippen molar-refractivity contribution < 1.29 is 17.9 Å². The molecule has 1 N–H and O–H groups in total. The quantitative estimate of drug-likeness (QED) is 0.855. The van der Waals surface area contributed by atoms with E-state index in [1.54, 1.807) is 13.0 Å². The smallest absolute Gasteiger partial charge is 0.246 e. The number of nitriles is 1. The van der Waals surface area contributed by atoms with Gasteiger partial charge in [-0.05, 0) is 18.2 Å². The predicted octanol–water partition coefficient (Wildman–Crippen LogP) is 0.700. The second kappa shape index (κ2) is 5.91. The number of nitrogens with zero attached hydrogens (tertiary/aromatic N) is 2. The van der Waals surface area contributed by atoms with Crippen LogP contribution in [0.4, 0.5) is 4.39 Å². The Morgan fingerprint density at radius 1 is 1.50 bits per heavy atom. The summed E-state index contributed by atoms with van der Waals surface area (Å²) >= 11 is 0. The van der Waals surface area contributed by atoms with Gasteiger partial charge in [0.1, 0.15) is 10.7 Å². The maximum atomic E-state index is 13.7. The maximum absolute atomic E-state index is 13.7. The summed E-state index contributed by atoms with van der Waals surface area (Å²) in [5, 5.41) is 17.4. The summed E-state index contributed by atoms with van der Waals surface area (Å²) in [6.45, 7) is 1.28. The molecular formula is C11H13FN2O3S. The fourth-order valence-corrected chi connectivity index (χ4v) is 2.96. The first-order chi connectivity index (χ1) is 8.47. The van der Waals surface area contributed by atoms with Crippen LogP contribution in [0.15, 0.2) is 23.1 Å². The molecule has 0 aromatic heterocycles. The lowest BCUT2D eigenvalue weighted by Crippen LogP contribution is -2.33. The molecule has 0 saturated carbocycles. The number of halogens is 1. The van der Waals surface area contributed by atoms with Crippen molar-refractivity contribution in [2.45, 2.75) is 11.8 Å². The normalized spacial score (nSPS) is 11.5. The van der Waals surface area contributed by atoms with Gasteiger partial charge in [0.15, 0.2) is 0 Å². The van der Waals surface area contributed by atoms with Gasteiger partial charge < -0.3 is 5.11 Å². The van der Waals surface area contributed by atoms with Gasteiger partial charge in [0.05, 0.1) is 18.2 Å². The third kappa shape index (κ3) is 2.85. The molecule has 0 aliphatic carbocycles. The molecule has 1 aromatic carbocycles. The minimum Gasteiger partial charge on any atom is -0.395 e. The van der Waals surface area contributed by atoms with Gasteiger partial charge >= 0.3 is 0 Å². The van der Waals surface area contributed by atoms with Gasteiger partial charge in [-0.25, -0.2) is 12.8 Å². The van der Waals surface area contributed by atoms with Crippen LogP contribution in [-0.4, -0.2) is 37.5 Å². The molecule has 18 heavy (non-hydrogen) atoms. The molecule has 0 fully saturated rings. The second-order valence-electron chi connectivity index (χ2n) is 3.48. The SMILES string of the molecule is CCN(CCO)S(=O)(=O)c1ccc(C#N)cc1F. The lowest BCUT2D eigenvalue weighted by atomic mass is 10.2. The van der Waals surface area contributed by atoms with E-state index in [4.69, 9.17) is 10.4 Å². The number of aliphatic hydroxyl groups excluding tert-OH is 1. The first-order valence-corrected chi connectivity index (χ1v) is 6.72. The number of sulfonamides is 1. The van der Waals surface area contributed by atoms with Crippen molar-refractivity contribution in [2.24, 2.45) is 0 Å². The second-order valence-corrected chi connectivity index (χ2v) is 5.38. The standard InChI is InChI=1S/C11H13FN2O3S/c1-2-14(5-6-15)18(16,17)11-4-3-9(8-13)7-10(11)12/h3-4,7,15H,2,5-6H2,1H3. The van der Waals surface area contributed by atoms with Crippen molar-refractivity contribution in [1.82, 2.24) is 4.31 Å². The minimum absolute atomic E-state index is 0.0525. The Morgan fingerprint density at radius 3 is 2.61 bits per heavy atom. The average Bonchev–Trinajstić information content (AvgIpc) is 2.35. The maximum Gasteiger partial charge on any atom is 0.246 e. The Hall–Kier alpha value is -1.49. The van der Waals surface area contributed by atoms with E-state index >= 15 is 0 Å². The monoisotopic (exact) mass is 272 g/mol. The Labute approximate surface area is 105 Å². The largest absolute Gasteiger partial charge is 0.395 e. The molecular weight excluding hydrogens is 259 g/mol. The van der Waals surface area contributed by atoms with Gasteiger partial charge in [0.2, 0.25) is 10.0 Å². The lowest BCUT2D eigenvalue weighted by molar-refractivity contribution is 0.256. The molecule has 0 aliphatic rings. The molecule has 1 aromatic rings. The van der Waals surface area contributed by atoms with Crippen LogP contribution in [0.25, 0.3) is 0 Å². The molecule has 1 rings (SSSR count). The summed E-state index contributed by atoms with van der Waals surface area (Å²) in [7, 11) is -3.98. The van der Waals surface area contributed by atoms with Crippen LogP contribution >= 0.6 is 0 Å². The summed E-state index contributed by atoms with van der Waals surface area (Å²) in [5.74, 6) is -0.967. The lowest BCUT2D eigenvalue weighted by Gasteiger charge is -2.19. The first kappa shape index (κ1) is 14.6. The predicted molar refractivity (Wildman–Crippen MR) is 62.6 cm³/mol. The number of benzene rings is 1. The Kier molecular flexibility index (Phi) is 4.78. The number of hydrogen-bond acceptors (Lipinski definition) is 4. The molecule has 7 heteroatoms. The van der Waals surface area contributed by atoms with Gasteiger partial charge in [-0.15, -0.1) is 0 Å². The highest BCUT2D eigenvalue weighted by atomic mass is 32.2. The van der Waals surface area contributed by atoms with E-state index < -0.39 is 20.7 Å². The molecule has 0 saturated heterocycles. The van der Waals surface area contributed by atoms with Crippen LogP contribution in [0, 0.1) is 17.1 Å². The fraction of sp³-hybridized carbons (Fsp3) is 0.364. The van der Waals surface area contributed by atoms with Gasteiger partial charge in [0, 0.05) is 13.1 Å². The van der Waals surface area contributed by atoms with Crippen LogP contribution in [0.1, 0.15) is 12.5 Å². The fourth-order valence-electron chi connectivity index (χ4n) is 1.48. The molecule has 0 amide bonds. The van der Waals surface area contributed by atoms with Gasteiger partial charge in [-0.3, -0.25) is 0 Å². The van der Waals surface area contributed by atoms with Crippen LogP contribution in [-0.2, 0) is 10.0 Å². The Balaban J connectivity index is 3.24. The van der Waals surface area contributed by atoms with Crippen LogP contribution in [0.5, 0.6) is 0 Å². The molecule has 0 unspecified atom stereocenters.